The molecule has 1 N–H and O–H groups in total. The Kier molecular flexibility index (Phi) is 4.51. The maximum Gasteiger partial charge on any atom is 0.416 e. The Labute approximate surface area is 147 Å². The van der Waals surface area contributed by atoms with Crippen molar-refractivity contribution in [3.05, 3.63) is 58.5 Å². The van der Waals surface area contributed by atoms with Crippen molar-refractivity contribution >= 4 is 28.2 Å². The minimum atomic E-state index is -4.39. The van der Waals surface area contributed by atoms with Crippen LogP contribution in [0.5, 0.6) is 0 Å². The number of hydrogen-bond acceptors (Lipinski definition) is 4. The summed E-state index contributed by atoms with van der Waals surface area (Å²) in [6, 6.07) is 5.37. The van der Waals surface area contributed by atoms with Crippen molar-refractivity contribution in [1.29, 1.82) is 0 Å². The molecule has 3 rings (SSSR count). The van der Waals surface area contributed by atoms with Crippen LogP contribution in [0.25, 0.3) is 10.8 Å². The van der Waals surface area contributed by atoms with Gasteiger partial charge in [-0.3, -0.25) is 0 Å². The topological polar surface area (TPSA) is 50.7 Å². The number of fused-ring (bicyclic) bond motifs is 1. The molecule has 1 aromatic carbocycles. The van der Waals surface area contributed by atoms with E-state index in [-0.39, 0.29) is 5.56 Å². The number of aromatic nitrogens is 3. The van der Waals surface area contributed by atoms with Gasteiger partial charge in [-0.05, 0) is 37.1 Å². The van der Waals surface area contributed by atoms with Crippen molar-refractivity contribution in [2.24, 2.45) is 0 Å². The van der Waals surface area contributed by atoms with E-state index >= 15 is 0 Å². The van der Waals surface area contributed by atoms with E-state index < -0.39 is 17.8 Å². The molecule has 130 valence electrons. The monoisotopic (exact) mass is 366 g/mol. The molecule has 8 heteroatoms. The number of rotatable bonds is 3. The highest BCUT2D eigenvalue weighted by Crippen LogP contribution is 2.35. The van der Waals surface area contributed by atoms with E-state index in [4.69, 9.17) is 11.6 Å². The average molecular weight is 367 g/mol. The fourth-order valence-electron chi connectivity index (χ4n) is 2.77. The molecular weight excluding hydrogens is 353 g/mol. The van der Waals surface area contributed by atoms with Crippen molar-refractivity contribution in [1.82, 2.24) is 15.2 Å². The predicted octanol–water partition coefficient (Wildman–Crippen LogP) is 5.18. The van der Waals surface area contributed by atoms with Gasteiger partial charge in [-0.2, -0.15) is 18.3 Å². The molecule has 0 saturated carbocycles. The molecule has 2 heterocycles. The van der Waals surface area contributed by atoms with Gasteiger partial charge in [0.2, 0.25) is 0 Å². The van der Waals surface area contributed by atoms with Crippen molar-refractivity contribution in [3.63, 3.8) is 0 Å². The lowest BCUT2D eigenvalue weighted by Crippen LogP contribution is -2.14. The van der Waals surface area contributed by atoms with E-state index in [0.717, 1.165) is 11.5 Å². The Morgan fingerprint density at radius 3 is 2.68 bits per heavy atom. The first-order valence-corrected chi connectivity index (χ1v) is 7.85. The van der Waals surface area contributed by atoms with Gasteiger partial charge in [-0.15, -0.1) is 5.10 Å². The molecule has 0 saturated heterocycles. The maximum absolute atomic E-state index is 13.1. The minimum absolute atomic E-state index is 0.183. The van der Waals surface area contributed by atoms with E-state index in [9.17, 15) is 13.2 Å². The summed E-state index contributed by atoms with van der Waals surface area (Å²) in [5.41, 5.74) is 0.0755. The number of halogens is 4. The Hall–Kier alpha value is -2.41. The molecular formula is C17H14ClF3N4. The third kappa shape index (κ3) is 3.51. The quantitative estimate of drug-likeness (QED) is 0.649. The second kappa shape index (κ2) is 6.48. The van der Waals surface area contributed by atoms with Gasteiger partial charge in [0.1, 0.15) is 5.15 Å². The summed E-state index contributed by atoms with van der Waals surface area (Å²) in [7, 11) is 0. The highest BCUT2D eigenvalue weighted by Gasteiger charge is 2.33. The van der Waals surface area contributed by atoms with Crippen LogP contribution >= 0.6 is 11.6 Å². The average Bonchev–Trinajstić information content (AvgIpc) is 2.54. The summed E-state index contributed by atoms with van der Waals surface area (Å²) in [4.78, 5) is 3.98. The van der Waals surface area contributed by atoms with Crippen molar-refractivity contribution in [2.45, 2.75) is 26.1 Å². The smallest absolute Gasteiger partial charge is 0.362 e. The molecule has 0 aliphatic carbocycles. The Morgan fingerprint density at radius 2 is 1.96 bits per heavy atom. The van der Waals surface area contributed by atoms with E-state index in [2.05, 4.69) is 20.5 Å². The molecule has 25 heavy (non-hydrogen) atoms. The van der Waals surface area contributed by atoms with Gasteiger partial charge >= 0.3 is 6.18 Å². The third-order valence-electron chi connectivity index (χ3n) is 4.01. The summed E-state index contributed by atoms with van der Waals surface area (Å²) in [6.07, 6.45) is -1.28. The number of benzene rings is 1. The Morgan fingerprint density at radius 1 is 1.20 bits per heavy atom. The van der Waals surface area contributed by atoms with E-state index in [1.165, 1.54) is 13.0 Å². The molecule has 1 unspecified atom stereocenters. The highest BCUT2D eigenvalue weighted by molar-refractivity contribution is 6.30. The lowest BCUT2D eigenvalue weighted by Gasteiger charge is -2.20. The number of nitrogens with zero attached hydrogens (tertiary/aromatic N) is 3. The Bertz CT molecular complexity index is 927. The number of pyridine rings is 1. The van der Waals surface area contributed by atoms with Gasteiger partial charge in [0.25, 0.3) is 0 Å². The standard InChI is InChI=1S/C17H14ClF3N4/c1-9-12(4-3-5-14(9)17(19,20)21)10(2)24-16-13-6-15(18)22-7-11(13)8-23-25-16/h3-8,10H,1-2H3,(H,24,25). The summed E-state index contributed by atoms with van der Waals surface area (Å²) in [5, 5.41) is 12.8. The second-order valence-electron chi connectivity index (χ2n) is 5.67. The molecule has 0 amide bonds. The van der Waals surface area contributed by atoms with Crippen molar-refractivity contribution in [2.75, 3.05) is 5.32 Å². The van der Waals surface area contributed by atoms with Gasteiger partial charge in [0.05, 0.1) is 17.8 Å². The molecule has 0 spiro atoms. The van der Waals surface area contributed by atoms with Gasteiger partial charge < -0.3 is 5.32 Å². The molecule has 0 bridgehead atoms. The van der Waals surface area contributed by atoms with Crippen LogP contribution in [0.1, 0.15) is 29.7 Å². The number of hydrogen-bond donors (Lipinski definition) is 1. The van der Waals surface area contributed by atoms with Gasteiger partial charge in [0, 0.05) is 17.0 Å². The Balaban J connectivity index is 1.99. The van der Waals surface area contributed by atoms with Crippen molar-refractivity contribution in [3.8, 4) is 0 Å². The minimum Gasteiger partial charge on any atom is -0.362 e. The van der Waals surface area contributed by atoms with Gasteiger partial charge in [0.15, 0.2) is 5.82 Å². The molecule has 3 aromatic rings. The SMILES string of the molecule is Cc1c(C(C)Nc2nncc3cnc(Cl)cc23)cccc1C(F)(F)F. The zero-order valence-corrected chi connectivity index (χ0v) is 14.2. The van der Waals surface area contributed by atoms with Crippen LogP contribution in [0.4, 0.5) is 19.0 Å². The molecule has 2 aromatic heterocycles. The molecule has 0 aliphatic heterocycles. The number of nitrogens with one attached hydrogen (secondary N) is 1. The van der Waals surface area contributed by atoms with Crippen LogP contribution in [0.15, 0.2) is 36.7 Å². The predicted molar refractivity (Wildman–Crippen MR) is 90.6 cm³/mol. The number of alkyl halides is 3. The molecule has 0 fully saturated rings. The molecule has 0 radical (unpaired) electrons. The maximum atomic E-state index is 13.1. The fraction of sp³-hybridized carbons (Fsp3) is 0.235. The zero-order chi connectivity index (χ0) is 18.2. The first-order chi connectivity index (χ1) is 11.8. The summed E-state index contributed by atoms with van der Waals surface area (Å²) in [5.74, 6) is 0.436. The largest absolute Gasteiger partial charge is 0.416 e. The molecule has 4 nitrogen and oxygen atoms in total. The zero-order valence-electron chi connectivity index (χ0n) is 13.4. The van der Waals surface area contributed by atoms with Crippen LogP contribution in [-0.4, -0.2) is 15.2 Å². The summed E-state index contributed by atoms with van der Waals surface area (Å²) < 4.78 is 39.3. The second-order valence-corrected chi connectivity index (χ2v) is 6.06. The first-order valence-electron chi connectivity index (χ1n) is 7.47. The molecule has 0 aliphatic rings. The van der Waals surface area contributed by atoms with Crippen LogP contribution < -0.4 is 5.32 Å². The third-order valence-corrected chi connectivity index (χ3v) is 4.22. The van der Waals surface area contributed by atoms with Crippen LogP contribution in [-0.2, 0) is 6.18 Å². The van der Waals surface area contributed by atoms with E-state index in [1.54, 1.807) is 31.5 Å². The van der Waals surface area contributed by atoms with Gasteiger partial charge in [-0.25, -0.2) is 4.98 Å². The number of anilines is 1. The highest BCUT2D eigenvalue weighted by atomic mass is 35.5. The van der Waals surface area contributed by atoms with Crippen LogP contribution in [0.3, 0.4) is 0 Å². The summed E-state index contributed by atoms with van der Waals surface area (Å²) in [6.45, 7) is 3.23. The van der Waals surface area contributed by atoms with Crippen molar-refractivity contribution < 1.29 is 13.2 Å². The fourth-order valence-corrected chi connectivity index (χ4v) is 2.93. The lowest BCUT2D eigenvalue weighted by molar-refractivity contribution is -0.138. The normalized spacial score (nSPS) is 13.0. The van der Waals surface area contributed by atoms with Gasteiger partial charge in [-0.1, -0.05) is 23.7 Å². The summed E-state index contributed by atoms with van der Waals surface area (Å²) >= 11 is 5.93. The first kappa shape index (κ1) is 17.4. The van der Waals surface area contributed by atoms with Crippen LogP contribution in [0, 0.1) is 6.92 Å². The lowest BCUT2D eigenvalue weighted by atomic mass is 9.97. The van der Waals surface area contributed by atoms with E-state index in [1.807, 2.05) is 0 Å². The van der Waals surface area contributed by atoms with Crippen LogP contribution in [0.2, 0.25) is 5.15 Å². The molecule has 1 atom stereocenters. The van der Waals surface area contributed by atoms with E-state index in [0.29, 0.717) is 21.9 Å².